The maximum Gasteiger partial charge on any atom is 0.0629 e. The summed E-state index contributed by atoms with van der Waals surface area (Å²) in [5, 5.41) is 0. The minimum Gasteiger partial charge on any atom is -0.333 e. The van der Waals surface area contributed by atoms with E-state index < -0.39 is 0 Å². The van der Waals surface area contributed by atoms with Crippen molar-refractivity contribution in [2.45, 2.75) is 46.6 Å². The minimum atomic E-state index is 0.295. The van der Waals surface area contributed by atoms with E-state index in [1.165, 1.54) is 55.9 Å². The van der Waals surface area contributed by atoms with E-state index in [1.807, 2.05) is 0 Å². The Morgan fingerprint density at radius 3 is 2.14 bits per heavy atom. The van der Waals surface area contributed by atoms with E-state index in [0.29, 0.717) is 12.0 Å². The summed E-state index contributed by atoms with van der Waals surface area (Å²) in [7, 11) is 0. The lowest BCUT2D eigenvalue weighted by molar-refractivity contribution is 0.744. The third kappa shape index (κ3) is 3.60. The van der Waals surface area contributed by atoms with Crippen molar-refractivity contribution >= 4 is 11.4 Å². The first-order chi connectivity index (χ1) is 17.4. The molecule has 2 atom stereocenters. The lowest BCUT2D eigenvalue weighted by Gasteiger charge is -2.29. The van der Waals surface area contributed by atoms with Crippen molar-refractivity contribution in [1.29, 1.82) is 0 Å². The molecule has 2 nitrogen and oxygen atoms in total. The molecule has 0 radical (unpaired) electrons. The van der Waals surface area contributed by atoms with Gasteiger partial charge in [-0.1, -0.05) is 78.4 Å². The van der Waals surface area contributed by atoms with Crippen LogP contribution in [0.1, 0.15) is 39.6 Å². The molecule has 6 rings (SSSR count). The van der Waals surface area contributed by atoms with Crippen molar-refractivity contribution in [3.63, 3.8) is 0 Å². The molecular weight excluding hydrogens is 436 g/mol. The van der Waals surface area contributed by atoms with Gasteiger partial charge < -0.3 is 4.90 Å². The van der Waals surface area contributed by atoms with Crippen LogP contribution in [0.2, 0.25) is 0 Å². The van der Waals surface area contributed by atoms with E-state index in [9.17, 15) is 0 Å². The van der Waals surface area contributed by atoms with Gasteiger partial charge in [0.2, 0.25) is 0 Å². The molecule has 2 aliphatic rings. The first kappa shape index (κ1) is 22.5. The van der Waals surface area contributed by atoms with Crippen LogP contribution in [0.15, 0.2) is 91.0 Å². The van der Waals surface area contributed by atoms with Crippen molar-refractivity contribution in [2.75, 3.05) is 4.90 Å². The van der Waals surface area contributed by atoms with Gasteiger partial charge in [-0.2, -0.15) is 0 Å². The average molecular weight is 469 g/mol. The normalized spacial score (nSPS) is 17.9. The molecule has 36 heavy (non-hydrogen) atoms. The van der Waals surface area contributed by atoms with Crippen molar-refractivity contribution in [3.05, 3.63) is 125 Å². The van der Waals surface area contributed by atoms with Crippen molar-refractivity contribution in [2.24, 2.45) is 0 Å². The van der Waals surface area contributed by atoms with Crippen molar-refractivity contribution < 1.29 is 0 Å². The van der Waals surface area contributed by atoms with E-state index in [1.54, 1.807) is 0 Å². The Balaban J connectivity index is 1.52. The Labute approximate surface area is 214 Å². The van der Waals surface area contributed by atoms with Gasteiger partial charge in [0.1, 0.15) is 0 Å². The predicted octanol–water partition coefficient (Wildman–Crippen LogP) is 8.69. The zero-order valence-corrected chi connectivity index (χ0v) is 21.7. The van der Waals surface area contributed by atoms with Crippen molar-refractivity contribution in [1.82, 2.24) is 4.98 Å². The number of nitrogens with zero attached hydrogens (tertiary/aromatic N) is 2. The van der Waals surface area contributed by atoms with Crippen LogP contribution in [0.5, 0.6) is 0 Å². The number of rotatable bonds is 3. The highest BCUT2D eigenvalue weighted by molar-refractivity contribution is 5.84. The molecular formula is C34H32N2. The molecule has 0 bridgehead atoms. The first-order valence-corrected chi connectivity index (χ1v) is 12.8. The molecule has 178 valence electrons. The highest BCUT2D eigenvalue weighted by Gasteiger charge is 2.37. The van der Waals surface area contributed by atoms with Crippen LogP contribution in [0.3, 0.4) is 0 Å². The Morgan fingerprint density at radius 2 is 1.36 bits per heavy atom. The molecule has 0 saturated heterocycles. The van der Waals surface area contributed by atoms with Gasteiger partial charge >= 0.3 is 0 Å². The molecule has 0 spiro atoms. The number of fused-ring (bicyclic) bond motifs is 3. The zero-order chi connectivity index (χ0) is 25.0. The molecule has 2 unspecified atom stereocenters. The maximum atomic E-state index is 5.03. The number of aromatic nitrogens is 1. The Kier molecular flexibility index (Phi) is 5.41. The van der Waals surface area contributed by atoms with Gasteiger partial charge in [-0.25, -0.2) is 0 Å². The molecule has 0 N–H and O–H groups in total. The van der Waals surface area contributed by atoms with Crippen LogP contribution in [0, 0.1) is 34.6 Å². The smallest absolute Gasteiger partial charge is 0.0629 e. The maximum absolute atomic E-state index is 5.03. The van der Waals surface area contributed by atoms with Gasteiger partial charge in [0.05, 0.1) is 6.04 Å². The van der Waals surface area contributed by atoms with Gasteiger partial charge in [-0.15, -0.1) is 0 Å². The number of para-hydroxylation sites is 1. The number of hydrogen-bond donors (Lipinski definition) is 0. The monoisotopic (exact) mass is 468 g/mol. The van der Waals surface area contributed by atoms with Crippen LogP contribution >= 0.6 is 0 Å². The summed E-state index contributed by atoms with van der Waals surface area (Å²) in [6, 6.07) is 25.0. The molecule has 2 heteroatoms. The molecule has 3 aromatic carbocycles. The van der Waals surface area contributed by atoms with Gasteiger partial charge in [0, 0.05) is 39.8 Å². The highest BCUT2D eigenvalue weighted by atomic mass is 15.2. The fourth-order valence-electron chi connectivity index (χ4n) is 6.24. The Bertz CT molecular complexity index is 1540. The van der Waals surface area contributed by atoms with E-state index in [4.69, 9.17) is 4.98 Å². The van der Waals surface area contributed by atoms with Crippen LogP contribution in [-0.2, 0) is 0 Å². The second-order valence-electron chi connectivity index (χ2n) is 10.3. The topological polar surface area (TPSA) is 16.1 Å². The number of allylic oxidation sites excluding steroid dienone is 2. The second-order valence-corrected chi connectivity index (χ2v) is 10.3. The highest BCUT2D eigenvalue weighted by Crippen LogP contribution is 2.48. The Morgan fingerprint density at radius 1 is 0.667 bits per heavy atom. The van der Waals surface area contributed by atoms with Gasteiger partial charge in [-0.05, 0) is 80.6 Å². The van der Waals surface area contributed by atoms with E-state index in [2.05, 4.69) is 131 Å². The molecule has 4 aromatic rings. The largest absolute Gasteiger partial charge is 0.333 e. The number of aryl methyl sites for hydroxylation is 4. The van der Waals surface area contributed by atoms with Crippen LogP contribution in [-0.4, -0.2) is 11.0 Å². The summed E-state index contributed by atoms with van der Waals surface area (Å²) < 4.78 is 0. The molecule has 1 aliphatic heterocycles. The van der Waals surface area contributed by atoms with Crippen LogP contribution in [0.4, 0.5) is 11.4 Å². The summed E-state index contributed by atoms with van der Waals surface area (Å²) in [6.07, 6.45) is 9.04. The average Bonchev–Trinajstić information content (AvgIpc) is 3.19. The van der Waals surface area contributed by atoms with Gasteiger partial charge in [-0.3, -0.25) is 4.98 Å². The quantitative estimate of drug-likeness (QED) is 0.299. The molecule has 1 aromatic heterocycles. The van der Waals surface area contributed by atoms with Crippen molar-refractivity contribution in [3.8, 4) is 22.3 Å². The molecule has 0 saturated carbocycles. The minimum absolute atomic E-state index is 0.295. The fourth-order valence-corrected chi connectivity index (χ4v) is 6.24. The number of hydrogen-bond acceptors (Lipinski definition) is 2. The lowest BCUT2D eigenvalue weighted by atomic mass is 9.89. The van der Waals surface area contributed by atoms with Gasteiger partial charge in [0.15, 0.2) is 0 Å². The summed E-state index contributed by atoms with van der Waals surface area (Å²) >= 11 is 0. The summed E-state index contributed by atoms with van der Waals surface area (Å²) in [5.74, 6) is 0.382. The first-order valence-electron chi connectivity index (χ1n) is 12.8. The summed E-state index contributed by atoms with van der Waals surface area (Å²) in [6.45, 7) is 10.9. The van der Waals surface area contributed by atoms with Crippen LogP contribution in [0.25, 0.3) is 22.3 Å². The fraction of sp³-hybridized carbons (Fsp3) is 0.206. The SMILES string of the molecule is Cc1ccc(-c2c(C)nc(C)c(-c3cc(C)cc(N4c5ccccc5C5C=CC=CC54)c3)c2C)cc1. The number of pyridine rings is 1. The van der Waals surface area contributed by atoms with Gasteiger partial charge in [0.25, 0.3) is 0 Å². The summed E-state index contributed by atoms with van der Waals surface area (Å²) in [5.41, 5.74) is 14.9. The molecule has 0 amide bonds. The number of benzene rings is 3. The summed E-state index contributed by atoms with van der Waals surface area (Å²) in [4.78, 5) is 7.55. The zero-order valence-electron chi connectivity index (χ0n) is 21.7. The molecule has 1 aliphatic carbocycles. The second kappa shape index (κ2) is 8.64. The van der Waals surface area contributed by atoms with E-state index in [0.717, 1.165) is 11.4 Å². The Hall–Kier alpha value is -3.91. The third-order valence-corrected chi connectivity index (χ3v) is 7.74. The molecule has 0 fully saturated rings. The van der Waals surface area contributed by atoms with Crippen LogP contribution < -0.4 is 4.90 Å². The predicted molar refractivity (Wildman–Crippen MR) is 152 cm³/mol. The lowest BCUT2D eigenvalue weighted by Crippen LogP contribution is -2.28. The third-order valence-electron chi connectivity index (χ3n) is 7.74. The number of anilines is 2. The molecule has 2 heterocycles. The van der Waals surface area contributed by atoms with E-state index in [-0.39, 0.29) is 0 Å². The van der Waals surface area contributed by atoms with E-state index >= 15 is 0 Å². The standard InChI is InChI=1S/C34H32N2/c1-21-14-16-26(17-15-21)33-23(3)34(25(5)35-24(33)4)27-18-22(2)19-28(20-27)36-31-12-8-6-10-29(31)30-11-7-9-13-32(30)36/h6-20,29,31H,1-5H3.